The van der Waals surface area contributed by atoms with Gasteiger partial charge >= 0.3 is 19.5 Å². The maximum Gasteiger partial charge on any atom is 2.00 e. The fraction of sp³-hybridized carbons (Fsp3) is 1.00. The zero-order valence-electron chi connectivity index (χ0n) is 5.36. The van der Waals surface area contributed by atoms with Gasteiger partial charge in [-0.3, -0.25) is 0 Å². The van der Waals surface area contributed by atoms with Crippen LogP contribution in [0.5, 0.6) is 0 Å². The van der Waals surface area contributed by atoms with Gasteiger partial charge < -0.3 is 14.3 Å². The monoisotopic (exact) mass is 218 g/mol. The molecule has 0 aliphatic carbocycles. The van der Waals surface area contributed by atoms with Crippen LogP contribution in [-0.4, -0.2) is 6.10 Å². The normalized spacial score (nSPS) is 11.2. The van der Waals surface area contributed by atoms with Crippen molar-refractivity contribution in [3.05, 3.63) is 0 Å². The molecule has 0 rings (SSSR count). The minimum Gasteiger partial charge on any atom is -0.812 e. The van der Waals surface area contributed by atoms with Crippen molar-refractivity contribution in [2.45, 2.75) is 20.0 Å². The van der Waals surface area contributed by atoms with Gasteiger partial charge in [-0.15, -0.1) is 11.8 Å². The molecule has 0 aromatic heterocycles. The molecule has 0 unspecified atom stereocenters. The Hall–Kier alpha value is 1.15. The predicted octanol–water partition coefficient (Wildman–Crippen LogP) is -0.646. The second kappa shape index (κ2) is 4.89. The molecule has 0 amide bonds. The molecule has 0 heterocycles. The molecule has 0 radical (unpaired) electrons. The summed E-state index contributed by atoms with van der Waals surface area (Å²) in [7, 11) is 0. The van der Waals surface area contributed by atoms with E-state index in [1.54, 1.807) is 13.8 Å². The number of hydrogen-bond acceptors (Lipinski definition) is 4. The van der Waals surface area contributed by atoms with E-state index in [-0.39, 0.29) is 25.6 Å². The second-order valence-corrected chi connectivity index (χ2v) is 4.05. The fourth-order valence-corrected chi connectivity index (χ4v) is 1.29. The molecule has 0 spiro atoms. The van der Waals surface area contributed by atoms with Gasteiger partial charge in [0.25, 0.3) is 0 Å². The first-order valence-corrected chi connectivity index (χ1v) is 4.68. The Labute approximate surface area is 72.4 Å². The van der Waals surface area contributed by atoms with Gasteiger partial charge in [-0.2, -0.15) is 0 Å². The fourth-order valence-electron chi connectivity index (χ4n) is 0.258. The van der Waals surface area contributed by atoms with Gasteiger partial charge in [0.05, 0.1) is 6.10 Å². The van der Waals surface area contributed by atoms with Crippen LogP contribution in [0.25, 0.3) is 0 Å². The van der Waals surface area contributed by atoms with Crippen LogP contribution >= 0.6 is 6.72 Å². The van der Waals surface area contributed by atoms with E-state index in [9.17, 15) is 9.79 Å². The number of rotatable bonds is 2. The van der Waals surface area contributed by atoms with Crippen molar-refractivity contribution in [3.63, 3.8) is 0 Å². The smallest absolute Gasteiger partial charge is 0.812 e. The molecular formula is C3H7O3PSZn. The van der Waals surface area contributed by atoms with E-state index in [4.69, 9.17) is 0 Å². The Kier molecular flexibility index (Phi) is 6.96. The molecule has 3 nitrogen and oxygen atoms in total. The van der Waals surface area contributed by atoms with Crippen molar-refractivity contribution in [1.82, 2.24) is 0 Å². The van der Waals surface area contributed by atoms with Crippen LogP contribution in [-0.2, 0) is 35.8 Å². The topological polar surface area (TPSA) is 55.3 Å². The molecule has 0 atom stereocenters. The largest absolute Gasteiger partial charge is 2.00 e. The van der Waals surface area contributed by atoms with Crippen LogP contribution < -0.4 is 9.79 Å². The average molecular weight is 220 g/mol. The van der Waals surface area contributed by atoms with Crippen molar-refractivity contribution in [2.24, 2.45) is 0 Å². The molecule has 0 aromatic rings. The SMILES string of the molecule is CC(C)OP([O-])([O-])=S.[Zn+2]. The van der Waals surface area contributed by atoms with Crippen LogP contribution in [0.4, 0.5) is 0 Å². The van der Waals surface area contributed by atoms with E-state index in [2.05, 4.69) is 16.3 Å². The Morgan fingerprint density at radius 1 is 1.44 bits per heavy atom. The third-order valence-corrected chi connectivity index (χ3v) is 1.28. The van der Waals surface area contributed by atoms with Gasteiger partial charge in [0, 0.05) is 0 Å². The molecule has 50 valence electrons. The first-order valence-electron chi connectivity index (χ1n) is 2.12. The maximum atomic E-state index is 10.1. The summed E-state index contributed by atoms with van der Waals surface area (Å²) in [6.45, 7) is -0.673. The summed E-state index contributed by atoms with van der Waals surface area (Å²) in [6.07, 6.45) is -0.337. The van der Waals surface area contributed by atoms with Gasteiger partial charge in [-0.05, 0) is 13.8 Å². The first-order chi connectivity index (χ1) is 3.42. The van der Waals surface area contributed by atoms with Gasteiger partial charge in [-0.1, -0.05) is 6.72 Å². The molecule has 0 aliphatic heterocycles. The molecule has 9 heavy (non-hydrogen) atoms. The van der Waals surface area contributed by atoms with E-state index in [1.807, 2.05) is 0 Å². The Morgan fingerprint density at radius 3 is 1.78 bits per heavy atom. The molecule has 0 bridgehead atoms. The number of hydrogen-bond donors (Lipinski definition) is 0. The zero-order valence-corrected chi connectivity index (χ0v) is 10.0. The Bertz CT molecular complexity index is 112. The van der Waals surface area contributed by atoms with Crippen molar-refractivity contribution in [3.8, 4) is 0 Å². The summed E-state index contributed by atoms with van der Waals surface area (Å²) in [4.78, 5) is 20.1. The standard InChI is InChI=1S/C3H9O3PS.Zn/c1-3(2)6-7(4,5)8;/h3H,1-2H3,(H2,4,5,8);/q;+2/p-2. The quantitative estimate of drug-likeness (QED) is 0.458. The first kappa shape index (κ1) is 12.8. The molecule has 0 N–H and O–H groups in total. The third-order valence-electron chi connectivity index (χ3n) is 0.340. The van der Waals surface area contributed by atoms with E-state index >= 15 is 0 Å². The summed E-state index contributed by atoms with van der Waals surface area (Å²) in [5.41, 5.74) is 0. The van der Waals surface area contributed by atoms with Gasteiger partial charge in [-0.25, -0.2) is 0 Å². The van der Waals surface area contributed by atoms with Crippen LogP contribution in [0.1, 0.15) is 13.8 Å². The van der Waals surface area contributed by atoms with E-state index in [1.165, 1.54) is 0 Å². The molecule has 0 aromatic carbocycles. The Morgan fingerprint density at radius 2 is 1.78 bits per heavy atom. The molecule has 0 saturated carbocycles. The third kappa shape index (κ3) is 12.4. The second-order valence-electron chi connectivity index (χ2n) is 1.60. The van der Waals surface area contributed by atoms with E-state index in [0.717, 1.165) is 0 Å². The van der Waals surface area contributed by atoms with Gasteiger partial charge in [0.1, 0.15) is 0 Å². The van der Waals surface area contributed by atoms with E-state index < -0.39 is 6.72 Å². The van der Waals surface area contributed by atoms with Gasteiger partial charge in [0.2, 0.25) is 0 Å². The molecular weight excluding hydrogens is 212 g/mol. The Balaban J connectivity index is 0. The van der Waals surface area contributed by atoms with Crippen molar-refractivity contribution in [2.75, 3.05) is 0 Å². The molecule has 0 saturated heterocycles. The summed E-state index contributed by atoms with van der Waals surface area (Å²) in [6, 6.07) is 0. The van der Waals surface area contributed by atoms with Crippen molar-refractivity contribution < 1.29 is 33.8 Å². The van der Waals surface area contributed by atoms with Crippen LogP contribution in [0.3, 0.4) is 0 Å². The zero-order chi connectivity index (χ0) is 6.78. The summed E-state index contributed by atoms with van der Waals surface area (Å²) >= 11 is 3.94. The van der Waals surface area contributed by atoms with Crippen molar-refractivity contribution in [1.29, 1.82) is 0 Å². The molecule has 0 fully saturated rings. The average Bonchev–Trinajstić information content (AvgIpc) is 1.21. The minimum absolute atomic E-state index is 0. The summed E-state index contributed by atoms with van der Waals surface area (Å²) in [5.74, 6) is 0. The van der Waals surface area contributed by atoms with Gasteiger partial charge in [0.15, 0.2) is 0 Å². The van der Waals surface area contributed by atoms with E-state index in [0.29, 0.717) is 0 Å². The maximum absolute atomic E-state index is 10.1. The summed E-state index contributed by atoms with van der Waals surface area (Å²) in [5, 5.41) is 0. The molecule has 0 aliphatic rings. The predicted molar refractivity (Wildman–Crippen MR) is 30.5 cm³/mol. The summed E-state index contributed by atoms with van der Waals surface area (Å²) < 4.78 is 4.25. The van der Waals surface area contributed by atoms with Crippen LogP contribution in [0.2, 0.25) is 0 Å². The van der Waals surface area contributed by atoms with Crippen molar-refractivity contribution >= 4 is 18.5 Å². The minimum atomic E-state index is -3.89. The molecule has 6 heteroatoms. The van der Waals surface area contributed by atoms with Crippen LogP contribution in [0, 0.1) is 0 Å². The van der Waals surface area contributed by atoms with Crippen LogP contribution in [0.15, 0.2) is 0 Å².